The lowest BCUT2D eigenvalue weighted by molar-refractivity contribution is 0.250. The third kappa shape index (κ3) is 7.54. The summed E-state index contributed by atoms with van der Waals surface area (Å²) in [5, 5.41) is 6.08. The Labute approximate surface area is 252 Å². The van der Waals surface area contributed by atoms with Gasteiger partial charge in [-0.05, 0) is 70.1 Å². The first kappa shape index (κ1) is 30.1. The zero-order chi connectivity index (χ0) is 30.1. The molecule has 0 unspecified atom stereocenters. The number of para-hydroxylation sites is 2. The summed E-state index contributed by atoms with van der Waals surface area (Å²) >= 11 is 6.39. The van der Waals surface area contributed by atoms with Gasteiger partial charge in [0, 0.05) is 24.8 Å². The second kappa shape index (κ2) is 12.1. The number of nitrogens with zero attached hydrogens (tertiary/aromatic N) is 4. The lowest BCUT2D eigenvalue weighted by Gasteiger charge is -2.37. The van der Waals surface area contributed by atoms with Crippen molar-refractivity contribution in [3.63, 3.8) is 0 Å². The van der Waals surface area contributed by atoms with Gasteiger partial charge in [0.15, 0.2) is 5.82 Å². The van der Waals surface area contributed by atoms with Crippen molar-refractivity contribution in [1.29, 1.82) is 0 Å². The molecule has 0 amide bonds. The maximum absolute atomic E-state index is 12.5. The van der Waals surface area contributed by atoms with Crippen LogP contribution in [0.15, 0.2) is 48.7 Å². The molecule has 1 saturated heterocycles. The van der Waals surface area contributed by atoms with Crippen LogP contribution in [0.5, 0.6) is 0 Å². The van der Waals surface area contributed by atoms with E-state index < -0.39 is 20.0 Å². The number of anilines is 7. The van der Waals surface area contributed by atoms with Crippen LogP contribution >= 0.6 is 11.6 Å². The molecule has 1 saturated carbocycles. The molecule has 1 aliphatic heterocycles. The summed E-state index contributed by atoms with van der Waals surface area (Å²) in [5.41, 5.74) is 2.69. The molecule has 0 bridgehead atoms. The number of aromatic nitrogens is 2. The third-order valence-electron chi connectivity index (χ3n) is 7.22. The van der Waals surface area contributed by atoms with Gasteiger partial charge in [-0.15, -0.1) is 0 Å². The van der Waals surface area contributed by atoms with Gasteiger partial charge in [-0.3, -0.25) is 9.44 Å². The molecule has 4 N–H and O–H groups in total. The van der Waals surface area contributed by atoms with Gasteiger partial charge in [0.1, 0.15) is 5.02 Å². The maximum atomic E-state index is 12.5. The summed E-state index contributed by atoms with van der Waals surface area (Å²) in [4.78, 5) is 13.2. The van der Waals surface area contributed by atoms with E-state index in [1.807, 2.05) is 12.1 Å². The van der Waals surface area contributed by atoms with Gasteiger partial charge >= 0.3 is 0 Å². The minimum absolute atomic E-state index is 0.211. The second-order valence-electron chi connectivity index (χ2n) is 10.8. The maximum Gasteiger partial charge on any atom is 0.235 e. The average Bonchev–Trinajstić information content (AvgIpc) is 3.78. The van der Waals surface area contributed by atoms with Crippen LogP contribution in [0.25, 0.3) is 0 Å². The first-order valence-corrected chi connectivity index (χ1v) is 17.4. The van der Waals surface area contributed by atoms with Crippen LogP contribution < -0.4 is 25.0 Å². The van der Waals surface area contributed by atoms with Gasteiger partial charge in [-0.2, -0.15) is 4.98 Å². The number of halogens is 1. The number of nitrogens with one attached hydrogen (secondary N) is 4. The molecular weight excluding hydrogens is 600 g/mol. The number of benzene rings is 2. The van der Waals surface area contributed by atoms with Crippen molar-refractivity contribution in [3.8, 4) is 0 Å². The number of sulfonamides is 2. The molecule has 2 heterocycles. The highest BCUT2D eigenvalue weighted by Crippen LogP contribution is 2.35. The minimum atomic E-state index is -3.54. The molecule has 1 aromatic heterocycles. The molecule has 0 atom stereocenters. The van der Waals surface area contributed by atoms with Gasteiger partial charge in [0.25, 0.3) is 0 Å². The fourth-order valence-corrected chi connectivity index (χ4v) is 6.97. The van der Waals surface area contributed by atoms with Crippen LogP contribution in [-0.2, 0) is 20.0 Å². The summed E-state index contributed by atoms with van der Waals surface area (Å²) in [6, 6.07) is 12.8. The van der Waals surface area contributed by atoms with Crippen molar-refractivity contribution in [1.82, 2.24) is 14.9 Å². The largest absolute Gasteiger partial charge is 0.370 e. The number of rotatable bonds is 11. The normalized spacial score (nSPS) is 16.4. The number of hydrogen-bond donors (Lipinski definition) is 4. The zero-order valence-corrected chi connectivity index (χ0v) is 26.0. The van der Waals surface area contributed by atoms with Gasteiger partial charge in [0.05, 0.1) is 40.5 Å². The molecule has 226 valence electrons. The highest BCUT2D eigenvalue weighted by molar-refractivity contribution is 7.93. The van der Waals surface area contributed by atoms with E-state index in [0.29, 0.717) is 41.6 Å². The van der Waals surface area contributed by atoms with Crippen molar-refractivity contribution in [2.45, 2.75) is 37.0 Å². The van der Waals surface area contributed by atoms with Crippen molar-refractivity contribution in [2.24, 2.45) is 0 Å². The molecule has 5 rings (SSSR count). The molecule has 3 aromatic rings. The van der Waals surface area contributed by atoms with E-state index in [9.17, 15) is 16.8 Å². The standard InChI is InChI=1S/C27H35ClN8O4S2/c1-35(2)19-12-14-36(15-13-19)25-11-8-18(16-24(25)33-41(3,37)38)30-27-29-17-21(28)26(32-27)31-22-6-4-5-7-23(22)34-42(39,40)20-9-10-20/h4-8,11,16-17,19-20,33-34H,9-10,12-15H2,1-3H3,(H2,29,30,31,32). The fourth-order valence-electron chi connectivity index (χ4n) is 4.86. The monoisotopic (exact) mass is 634 g/mol. The molecule has 1 aliphatic carbocycles. The molecule has 2 aliphatic rings. The van der Waals surface area contributed by atoms with E-state index in [-0.39, 0.29) is 22.0 Å². The van der Waals surface area contributed by atoms with Gasteiger partial charge < -0.3 is 20.4 Å². The Balaban J connectivity index is 1.36. The Bertz CT molecular complexity index is 1660. The van der Waals surface area contributed by atoms with E-state index in [2.05, 4.69) is 53.9 Å². The lowest BCUT2D eigenvalue weighted by atomic mass is 10.0. The summed E-state index contributed by atoms with van der Waals surface area (Å²) in [6.45, 7) is 1.61. The predicted octanol–water partition coefficient (Wildman–Crippen LogP) is 4.42. The third-order valence-corrected chi connectivity index (χ3v) is 9.94. The fraction of sp³-hybridized carbons (Fsp3) is 0.407. The van der Waals surface area contributed by atoms with Crippen LogP contribution in [0.3, 0.4) is 0 Å². The van der Waals surface area contributed by atoms with E-state index in [4.69, 9.17) is 11.6 Å². The molecular formula is C27H35ClN8O4S2. The van der Waals surface area contributed by atoms with Crippen LogP contribution in [0.2, 0.25) is 5.02 Å². The van der Waals surface area contributed by atoms with Gasteiger partial charge in [-0.1, -0.05) is 23.7 Å². The molecule has 12 nitrogen and oxygen atoms in total. The van der Waals surface area contributed by atoms with Crippen molar-refractivity contribution >= 4 is 71.9 Å². The first-order chi connectivity index (χ1) is 19.9. The predicted molar refractivity (Wildman–Crippen MR) is 169 cm³/mol. The summed E-state index contributed by atoms with van der Waals surface area (Å²) < 4.78 is 54.8. The quantitative estimate of drug-likeness (QED) is 0.239. The summed E-state index contributed by atoms with van der Waals surface area (Å²) in [5.74, 6) is 0.477. The molecule has 2 aromatic carbocycles. The highest BCUT2D eigenvalue weighted by atomic mass is 35.5. The molecule has 0 spiro atoms. The molecule has 42 heavy (non-hydrogen) atoms. The van der Waals surface area contributed by atoms with Crippen LogP contribution in [-0.4, -0.2) is 76.4 Å². The Morgan fingerprint density at radius 2 is 1.60 bits per heavy atom. The molecule has 0 radical (unpaired) electrons. The van der Waals surface area contributed by atoms with Gasteiger partial charge in [-0.25, -0.2) is 21.8 Å². The van der Waals surface area contributed by atoms with Gasteiger partial charge in [0.2, 0.25) is 26.0 Å². The van der Waals surface area contributed by atoms with Crippen molar-refractivity contribution in [3.05, 3.63) is 53.7 Å². The summed E-state index contributed by atoms with van der Waals surface area (Å²) in [6.07, 6.45) is 5.80. The SMILES string of the molecule is CN(C)C1CCN(c2ccc(Nc3ncc(Cl)c(Nc4ccccc4NS(=O)(=O)C4CC4)n3)cc2NS(C)(=O)=O)CC1. The van der Waals surface area contributed by atoms with Crippen molar-refractivity contribution < 1.29 is 16.8 Å². The van der Waals surface area contributed by atoms with E-state index in [1.165, 1.54) is 6.20 Å². The summed E-state index contributed by atoms with van der Waals surface area (Å²) in [7, 11) is -2.86. The first-order valence-electron chi connectivity index (χ1n) is 13.6. The average molecular weight is 635 g/mol. The zero-order valence-electron chi connectivity index (χ0n) is 23.6. The van der Waals surface area contributed by atoms with Crippen LogP contribution in [0, 0.1) is 0 Å². The van der Waals surface area contributed by atoms with E-state index >= 15 is 0 Å². The number of hydrogen-bond acceptors (Lipinski definition) is 10. The van der Waals surface area contributed by atoms with Crippen LogP contribution in [0.4, 0.5) is 40.2 Å². The Morgan fingerprint density at radius 3 is 2.24 bits per heavy atom. The lowest BCUT2D eigenvalue weighted by Crippen LogP contribution is -2.42. The Hall–Kier alpha value is -3.33. The minimum Gasteiger partial charge on any atom is -0.370 e. The van der Waals surface area contributed by atoms with E-state index in [0.717, 1.165) is 37.9 Å². The van der Waals surface area contributed by atoms with Crippen molar-refractivity contribution in [2.75, 3.05) is 58.4 Å². The Kier molecular flexibility index (Phi) is 8.69. The Morgan fingerprint density at radius 1 is 0.905 bits per heavy atom. The highest BCUT2D eigenvalue weighted by Gasteiger charge is 2.36. The number of piperidine rings is 1. The smallest absolute Gasteiger partial charge is 0.235 e. The topological polar surface area (TPSA) is 149 Å². The molecule has 15 heteroatoms. The van der Waals surface area contributed by atoms with Crippen LogP contribution in [0.1, 0.15) is 25.7 Å². The second-order valence-corrected chi connectivity index (χ2v) is 14.9. The van der Waals surface area contributed by atoms with E-state index in [1.54, 1.807) is 30.3 Å². The molecule has 2 fully saturated rings.